The summed E-state index contributed by atoms with van der Waals surface area (Å²) in [5, 5.41) is 0. The number of carbonyl (C=O) groups is 1. The number of likely N-dealkylation sites (tertiary alicyclic amines) is 1. The van der Waals surface area contributed by atoms with Crippen LogP contribution in [0, 0.1) is 5.92 Å². The van der Waals surface area contributed by atoms with Crippen molar-refractivity contribution < 1.29 is 9.53 Å². The molecule has 0 aromatic heterocycles. The summed E-state index contributed by atoms with van der Waals surface area (Å²) in [7, 11) is 0. The van der Waals surface area contributed by atoms with Crippen molar-refractivity contribution in [2.75, 3.05) is 19.7 Å². The molecule has 1 fully saturated rings. The monoisotopic (exact) mass is 167 g/mol. The predicted molar refractivity (Wildman–Crippen MR) is 44.4 cm³/mol. The molecule has 12 heavy (non-hydrogen) atoms. The first-order valence-corrected chi connectivity index (χ1v) is 4.37. The third kappa shape index (κ3) is 1.19. The van der Waals surface area contributed by atoms with Crippen molar-refractivity contribution in [3.63, 3.8) is 0 Å². The van der Waals surface area contributed by atoms with Gasteiger partial charge in [-0.25, -0.2) is 0 Å². The minimum atomic E-state index is 0.172. The zero-order chi connectivity index (χ0) is 8.55. The normalized spacial score (nSPS) is 23.1. The molecule has 0 aliphatic carbocycles. The molecule has 0 bridgehead atoms. The standard InChI is InChI=1S/C9H13NO2/c1-7-4-10(5-7)9(11)8-2-3-12-6-8/h6-7H,2-5H2,1H3. The average Bonchev–Trinajstić information content (AvgIpc) is 2.49. The van der Waals surface area contributed by atoms with Gasteiger partial charge >= 0.3 is 0 Å². The van der Waals surface area contributed by atoms with Crippen LogP contribution in [-0.2, 0) is 9.53 Å². The van der Waals surface area contributed by atoms with Gasteiger partial charge in [-0.15, -0.1) is 0 Å². The molecule has 0 aromatic carbocycles. The fourth-order valence-electron chi connectivity index (χ4n) is 1.61. The Balaban J connectivity index is 1.92. The van der Waals surface area contributed by atoms with E-state index in [1.165, 1.54) is 0 Å². The molecule has 0 aromatic rings. The van der Waals surface area contributed by atoms with Crippen LogP contribution in [0.4, 0.5) is 0 Å². The first-order chi connectivity index (χ1) is 5.77. The van der Waals surface area contributed by atoms with Crippen molar-refractivity contribution in [2.24, 2.45) is 5.92 Å². The topological polar surface area (TPSA) is 29.5 Å². The van der Waals surface area contributed by atoms with E-state index < -0.39 is 0 Å². The maximum Gasteiger partial charge on any atom is 0.253 e. The molecule has 0 N–H and O–H groups in total. The van der Waals surface area contributed by atoms with E-state index in [4.69, 9.17) is 4.74 Å². The average molecular weight is 167 g/mol. The van der Waals surface area contributed by atoms with Gasteiger partial charge in [-0.2, -0.15) is 0 Å². The highest BCUT2D eigenvalue weighted by atomic mass is 16.5. The molecule has 3 nitrogen and oxygen atoms in total. The number of nitrogens with zero attached hydrogens (tertiary/aromatic N) is 1. The van der Waals surface area contributed by atoms with Crippen molar-refractivity contribution in [3.8, 4) is 0 Å². The predicted octanol–water partition coefficient (Wildman–Crippen LogP) is 0.769. The Morgan fingerprint density at radius 2 is 2.42 bits per heavy atom. The molecule has 0 saturated carbocycles. The van der Waals surface area contributed by atoms with Gasteiger partial charge in [0.15, 0.2) is 0 Å². The van der Waals surface area contributed by atoms with E-state index in [-0.39, 0.29) is 5.91 Å². The second-order valence-electron chi connectivity index (χ2n) is 3.58. The fourth-order valence-corrected chi connectivity index (χ4v) is 1.61. The van der Waals surface area contributed by atoms with Crippen LogP contribution in [0.3, 0.4) is 0 Å². The zero-order valence-corrected chi connectivity index (χ0v) is 7.25. The van der Waals surface area contributed by atoms with E-state index >= 15 is 0 Å². The fraction of sp³-hybridized carbons (Fsp3) is 0.667. The van der Waals surface area contributed by atoms with Crippen molar-refractivity contribution in [3.05, 3.63) is 11.8 Å². The van der Waals surface area contributed by atoms with Crippen LogP contribution < -0.4 is 0 Å². The maximum atomic E-state index is 11.6. The number of carbonyl (C=O) groups excluding carboxylic acids is 1. The lowest BCUT2D eigenvalue weighted by molar-refractivity contribution is -0.132. The number of hydrogen-bond acceptors (Lipinski definition) is 2. The summed E-state index contributed by atoms with van der Waals surface area (Å²) >= 11 is 0. The van der Waals surface area contributed by atoms with Crippen molar-refractivity contribution in [1.29, 1.82) is 0 Å². The molecule has 0 radical (unpaired) electrons. The molecule has 0 spiro atoms. The lowest BCUT2D eigenvalue weighted by Crippen LogP contribution is -2.49. The Labute approximate surface area is 72.0 Å². The molecule has 0 atom stereocenters. The summed E-state index contributed by atoms with van der Waals surface area (Å²) in [4.78, 5) is 13.4. The lowest BCUT2D eigenvalue weighted by atomic mass is 10.0. The number of ether oxygens (including phenoxy) is 1. The van der Waals surface area contributed by atoms with Crippen LogP contribution in [0.15, 0.2) is 11.8 Å². The Kier molecular flexibility index (Phi) is 1.79. The molecular formula is C9H13NO2. The number of rotatable bonds is 1. The van der Waals surface area contributed by atoms with Crippen molar-refractivity contribution in [2.45, 2.75) is 13.3 Å². The quantitative estimate of drug-likeness (QED) is 0.577. The highest BCUT2D eigenvalue weighted by Crippen LogP contribution is 2.20. The van der Waals surface area contributed by atoms with Gasteiger partial charge in [-0.3, -0.25) is 4.79 Å². The zero-order valence-electron chi connectivity index (χ0n) is 7.25. The minimum Gasteiger partial charge on any atom is -0.500 e. The van der Waals surface area contributed by atoms with Gasteiger partial charge in [-0.1, -0.05) is 6.92 Å². The molecule has 3 heteroatoms. The molecule has 1 amide bonds. The summed E-state index contributed by atoms with van der Waals surface area (Å²) in [5.74, 6) is 0.850. The summed E-state index contributed by atoms with van der Waals surface area (Å²) in [6, 6.07) is 0. The first-order valence-electron chi connectivity index (χ1n) is 4.37. The summed E-state index contributed by atoms with van der Waals surface area (Å²) < 4.78 is 5.01. The van der Waals surface area contributed by atoms with E-state index in [1.54, 1.807) is 6.26 Å². The van der Waals surface area contributed by atoms with E-state index in [1.807, 2.05) is 4.90 Å². The Morgan fingerprint density at radius 1 is 1.67 bits per heavy atom. The molecule has 0 unspecified atom stereocenters. The molecule has 2 rings (SSSR count). The van der Waals surface area contributed by atoms with Gasteiger partial charge in [0.1, 0.15) is 0 Å². The van der Waals surface area contributed by atoms with E-state index in [0.717, 1.165) is 25.1 Å². The van der Waals surface area contributed by atoms with Gasteiger partial charge in [0, 0.05) is 19.5 Å². The van der Waals surface area contributed by atoms with Crippen molar-refractivity contribution >= 4 is 5.91 Å². The highest BCUT2D eigenvalue weighted by molar-refractivity contribution is 5.94. The van der Waals surface area contributed by atoms with Gasteiger partial charge in [0.25, 0.3) is 5.91 Å². The molecule has 1 saturated heterocycles. The maximum absolute atomic E-state index is 11.6. The van der Waals surface area contributed by atoms with Crippen LogP contribution in [0.1, 0.15) is 13.3 Å². The lowest BCUT2D eigenvalue weighted by Gasteiger charge is -2.37. The molecule has 66 valence electrons. The smallest absolute Gasteiger partial charge is 0.253 e. The third-order valence-corrected chi connectivity index (χ3v) is 2.34. The van der Waals surface area contributed by atoms with E-state index in [9.17, 15) is 4.79 Å². The Morgan fingerprint density at radius 3 is 2.92 bits per heavy atom. The van der Waals surface area contributed by atoms with Crippen LogP contribution in [-0.4, -0.2) is 30.5 Å². The summed E-state index contributed by atoms with van der Waals surface area (Å²) in [6.45, 7) is 4.65. The molecule has 2 aliphatic heterocycles. The second kappa shape index (κ2) is 2.81. The highest BCUT2D eigenvalue weighted by Gasteiger charge is 2.29. The van der Waals surface area contributed by atoms with Gasteiger partial charge in [0.2, 0.25) is 0 Å². The van der Waals surface area contributed by atoms with Gasteiger partial charge in [-0.05, 0) is 5.92 Å². The van der Waals surface area contributed by atoms with E-state index in [2.05, 4.69) is 6.92 Å². The van der Waals surface area contributed by atoms with Gasteiger partial charge in [0.05, 0.1) is 18.4 Å². The summed E-state index contributed by atoms with van der Waals surface area (Å²) in [5.41, 5.74) is 0.835. The molecule has 2 heterocycles. The third-order valence-electron chi connectivity index (χ3n) is 2.34. The Hall–Kier alpha value is -0.990. The van der Waals surface area contributed by atoms with Crippen molar-refractivity contribution in [1.82, 2.24) is 4.90 Å². The van der Waals surface area contributed by atoms with E-state index in [0.29, 0.717) is 12.5 Å². The van der Waals surface area contributed by atoms with Crippen LogP contribution in [0.2, 0.25) is 0 Å². The minimum absolute atomic E-state index is 0.172. The van der Waals surface area contributed by atoms with Gasteiger partial charge < -0.3 is 9.64 Å². The number of hydrogen-bond donors (Lipinski definition) is 0. The SMILES string of the molecule is CC1CN(C(=O)C2=COCC2)C1. The Bertz CT molecular complexity index is 229. The first kappa shape index (κ1) is 7.65. The summed E-state index contributed by atoms with van der Waals surface area (Å²) in [6.07, 6.45) is 2.38. The van der Waals surface area contributed by atoms with Crippen LogP contribution >= 0.6 is 0 Å². The number of amides is 1. The second-order valence-corrected chi connectivity index (χ2v) is 3.58. The van der Waals surface area contributed by atoms with Crippen LogP contribution in [0.5, 0.6) is 0 Å². The largest absolute Gasteiger partial charge is 0.500 e. The molecule has 2 aliphatic rings. The molecular weight excluding hydrogens is 154 g/mol. The van der Waals surface area contributed by atoms with Crippen LogP contribution in [0.25, 0.3) is 0 Å².